The van der Waals surface area contributed by atoms with Crippen molar-refractivity contribution in [1.82, 2.24) is 10.6 Å². The Hall–Kier alpha value is -1.07. The number of rotatable bonds is 6. The second-order valence-corrected chi connectivity index (χ2v) is 4.44. The number of hydrogen-bond acceptors (Lipinski definition) is 3. The summed E-state index contributed by atoms with van der Waals surface area (Å²) >= 11 is 3.44. The van der Waals surface area contributed by atoms with Gasteiger partial charge in [-0.3, -0.25) is 4.79 Å². The zero-order valence-corrected chi connectivity index (χ0v) is 11.6. The zero-order valence-electron chi connectivity index (χ0n) is 10.0. The lowest BCUT2D eigenvalue weighted by Crippen LogP contribution is -2.26. The van der Waals surface area contributed by atoms with Crippen LogP contribution >= 0.6 is 15.9 Å². The summed E-state index contributed by atoms with van der Waals surface area (Å²) in [6, 6.07) is 5.69. The average Bonchev–Trinajstić information content (AvgIpc) is 2.35. The standard InChI is InChI=1S/C12H17BrN2O2/c1-14-6-5-12(16)15-8-9-7-10(17-2)3-4-11(9)13/h3-4,7,14H,5-6,8H2,1-2H3,(H,15,16). The van der Waals surface area contributed by atoms with Gasteiger partial charge in [0.15, 0.2) is 0 Å². The van der Waals surface area contributed by atoms with Crippen molar-refractivity contribution in [3.8, 4) is 5.75 Å². The number of nitrogens with one attached hydrogen (secondary N) is 2. The highest BCUT2D eigenvalue weighted by atomic mass is 79.9. The molecule has 0 aliphatic carbocycles. The second kappa shape index (κ2) is 7.29. The van der Waals surface area contributed by atoms with Gasteiger partial charge in [-0.2, -0.15) is 0 Å². The van der Waals surface area contributed by atoms with Crippen LogP contribution in [0.4, 0.5) is 0 Å². The maximum Gasteiger partial charge on any atom is 0.221 e. The van der Waals surface area contributed by atoms with Gasteiger partial charge in [0.1, 0.15) is 5.75 Å². The van der Waals surface area contributed by atoms with Crippen molar-refractivity contribution in [2.75, 3.05) is 20.7 Å². The van der Waals surface area contributed by atoms with Crippen LogP contribution in [0.25, 0.3) is 0 Å². The Labute approximate surface area is 110 Å². The second-order valence-electron chi connectivity index (χ2n) is 3.59. The van der Waals surface area contributed by atoms with Crippen LogP contribution in [-0.2, 0) is 11.3 Å². The van der Waals surface area contributed by atoms with Crippen LogP contribution in [0.1, 0.15) is 12.0 Å². The molecule has 0 saturated heterocycles. The first-order valence-corrected chi connectivity index (χ1v) is 6.20. The van der Waals surface area contributed by atoms with Gasteiger partial charge in [0.05, 0.1) is 7.11 Å². The van der Waals surface area contributed by atoms with Gasteiger partial charge < -0.3 is 15.4 Å². The van der Waals surface area contributed by atoms with Crippen LogP contribution in [0.5, 0.6) is 5.75 Å². The van der Waals surface area contributed by atoms with E-state index in [2.05, 4.69) is 26.6 Å². The molecule has 0 aliphatic rings. The fourth-order valence-electron chi connectivity index (χ4n) is 1.33. The third-order valence-electron chi connectivity index (χ3n) is 2.33. The van der Waals surface area contributed by atoms with Crippen LogP contribution in [0, 0.1) is 0 Å². The number of amides is 1. The van der Waals surface area contributed by atoms with E-state index in [4.69, 9.17) is 4.74 Å². The van der Waals surface area contributed by atoms with Crippen molar-refractivity contribution in [2.45, 2.75) is 13.0 Å². The summed E-state index contributed by atoms with van der Waals surface area (Å²) in [5.74, 6) is 0.821. The first-order valence-electron chi connectivity index (χ1n) is 5.41. The molecule has 0 saturated carbocycles. The number of hydrogen-bond donors (Lipinski definition) is 2. The minimum Gasteiger partial charge on any atom is -0.497 e. The Morgan fingerprint density at radius 1 is 1.47 bits per heavy atom. The Morgan fingerprint density at radius 2 is 2.24 bits per heavy atom. The van der Waals surface area contributed by atoms with Crippen molar-refractivity contribution in [2.24, 2.45) is 0 Å². The van der Waals surface area contributed by atoms with Crippen molar-refractivity contribution < 1.29 is 9.53 Å². The first-order chi connectivity index (χ1) is 8.17. The summed E-state index contributed by atoms with van der Waals surface area (Å²) in [6.45, 7) is 1.19. The SMILES string of the molecule is CNCCC(=O)NCc1cc(OC)ccc1Br. The molecule has 5 heteroatoms. The third kappa shape index (κ3) is 4.75. The molecular weight excluding hydrogens is 284 g/mol. The lowest BCUT2D eigenvalue weighted by molar-refractivity contribution is -0.121. The summed E-state index contributed by atoms with van der Waals surface area (Å²) in [6.07, 6.45) is 0.484. The zero-order chi connectivity index (χ0) is 12.7. The van der Waals surface area contributed by atoms with Crippen molar-refractivity contribution in [3.63, 3.8) is 0 Å². The van der Waals surface area contributed by atoms with Gasteiger partial charge in [0.2, 0.25) is 5.91 Å². The summed E-state index contributed by atoms with van der Waals surface area (Å²) in [7, 11) is 3.45. The summed E-state index contributed by atoms with van der Waals surface area (Å²) in [4.78, 5) is 11.4. The lowest BCUT2D eigenvalue weighted by atomic mass is 10.2. The number of ether oxygens (including phenoxy) is 1. The van der Waals surface area contributed by atoms with E-state index in [-0.39, 0.29) is 5.91 Å². The number of benzene rings is 1. The molecule has 1 rings (SSSR count). The molecule has 0 atom stereocenters. The van der Waals surface area contributed by atoms with Crippen LogP contribution in [0.3, 0.4) is 0 Å². The molecule has 4 nitrogen and oxygen atoms in total. The van der Waals surface area contributed by atoms with Gasteiger partial charge in [-0.25, -0.2) is 0 Å². The van der Waals surface area contributed by atoms with E-state index in [1.54, 1.807) is 7.11 Å². The van der Waals surface area contributed by atoms with Gasteiger partial charge in [-0.05, 0) is 30.8 Å². The summed E-state index contributed by atoms with van der Waals surface area (Å²) < 4.78 is 6.10. The largest absolute Gasteiger partial charge is 0.497 e. The highest BCUT2D eigenvalue weighted by molar-refractivity contribution is 9.10. The van der Waals surface area contributed by atoms with E-state index in [1.165, 1.54) is 0 Å². The van der Waals surface area contributed by atoms with Crippen LogP contribution in [0.15, 0.2) is 22.7 Å². The molecule has 1 aromatic carbocycles. The van der Waals surface area contributed by atoms with E-state index < -0.39 is 0 Å². The van der Waals surface area contributed by atoms with E-state index in [0.717, 1.165) is 15.8 Å². The monoisotopic (exact) mass is 300 g/mol. The van der Waals surface area contributed by atoms with Gasteiger partial charge in [-0.15, -0.1) is 0 Å². The predicted octanol–water partition coefficient (Wildman–Crippen LogP) is 1.68. The minimum atomic E-state index is 0.0362. The van der Waals surface area contributed by atoms with Crippen molar-refractivity contribution in [1.29, 1.82) is 0 Å². The maximum absolute atomic E-state index is 11.4. The molecule has 0 fully saturated rings. The Morgan fingerprint density at radius 3 is 2.88 bits per heavy atom. The predicted molar refractivity (Wildman–Crippen MR) is 71.1 cm³/mol. The first kappa shape index (κ1) is 14.0. The van der Waals surface area contributed by atoms with Gasteiger partial charge >= 0.3 is 0 Å². The molecule has 1 aromatic rings. The Balaban J connectivity index is 2.53. The molecule has 0 bridgehead atoms. The number of halogens is 1. The average molecular weight is 301 g/mol. The molecule has 0 aromatic heterocycles. The maximum atomic E-state index is 11.4. The van der Waals surface area contributed by atoms with Gasteiger partial charge in [0.25, 0.3) is 0 Å². The van der Waals surface area contributed by atoms with E-state index in [1.807, 2.05) is 25.2 Å². The van der Waals surface area contributed by atoms with Gasteiger partial charge in [-0.1, -0.05) is 15.9 Å². The van der Waals surface area contributed by atoms with Crippen molar-refractivity contribution in [3.05, 3.63) is 28.2 Å². The third-order valence-corrected chi connectivity index (χ3v) is 3.10. The molecule has 0 radical (unpaired) electrons. The molecular formula is C12H17BrN2O2. The van der Waals surface area contributed by atoms with E-state index in [9.17, 15) is 4.79 Å². The Kier molecular flexibility index (Phi) is 6.00. The fourth-order valence-corrected chi connectivity index (χ4v) is 1.72. The molecule has 1 amide bonds. The Bertz CT molecular complexity index is 383. The molecule has 94 valence electrons. The fraction of sp³-hybridized carbons (Fsp3) is 0.417. The number of carbonyl (C=O) groups excluding carboxylic acids is 1. The van der Waals surface area contributed by atoms with E-state index >= 15 is 0 Å². The van der Waals surface area contributed by atoms with Crippen LogP contribution in [-0.4, -0.2) is 26.6 Å². The smallest absolute Gasteiger partial charge is 0.221 e. The summed E-state index contributed by atoms with van der Waals surface area (Å²) in [5, 5.41) is 5.80. The molecule has 0 heterocycles. The molecule has 17 heavy (non-hydrogen) atoms. The molecule has 0 aliphatic heterocycles. The summed E-state index contributed by atoms with van der Waals surface area (Å²) in [5.41, 5.74) is 1.00. The molecule has 2 N–H and O–H groups in total. The highest BCUT2D eigenvalue weighted by Gasteiger charge is 2.04. The van der Waals surface area contributed by atoms with Crippen LogP contribution < -0.4 is 15.4 Å². The van der Waals surface area contributed by atoms with Crippen LogP contribution in [0.2, 0.25) is 0 Å². The normalized spacial score (nSPS) is 10.1. The van der Waals surface area contributed by atoms with Gasteiger partial charge in [0, 0.05) is 24.0 Å². The highest BCUT2D eigenvalue weighted by Crippen LogP contribution is 2.22. The molecule has 0 spiro atoms. The quantitative estimate of drug-likeness (QED) is 0.840. The molecule has 0 unspecified atom stereocenters. The minimum absolute atomic E-state index is 0.0362. The van der Waals surface area contributed by atoms with E-state index in [0.29, 0.717) is 19.5 Å². The lowest BCUT2D eigenvalue weighted by Gasteiger charge is -2.09. The topological polar surface area (TPSA) is 50.4 Å². The number of carbonyl (C=O) groups is 1. The number of methoxy groups -OCH3 is 1. The van der Waals surface area contributed by atoms with Crippen molar-refractivity contribution >= 4 is 21.8 Å².